The second-order valence-electron chi connectivity index (χ2n) is 4.95. The Bertz CT molecular complexity index is 632. The maximum Gasteiger partial charge on any atom is 0.253 e. The minimum absolute atomic E-state index is 0.00921. The third kappa shape index (κ3) is 3.07. The summed E-state index contributed by atoms with van der Waals surface area (Å²) in [4.78, 5) is 11.8. The number of carbonyl (C=O) groups is 1. The Morgan fingerprint density at radius 3 is 2.57 bits per heavy atom. The lowest BCUT2D eigenvalue weighted by Crippen LogP contribution is -2.58. The van der Waals surface area contributed by atoms with E-state index in [1.807, 2.05) is 0 Å². The monoisotopic (exact) mass is 316 g/mol. The average Bonchev–Trinajstić information content (AvgIpc) is 2.47. The Balaban J connectivity index is 2.28. The minimum atomic E-state index is -3.78. The third-order valence-corrected chi connectivity index (χ3v) is 5.26. The summed E-state index contributed by atoms with van der Waals surface area (Å²) in [6.45, 7) is 1.71. The molecule has 1 aromatic rings. The number of rotatable bonds is 3. The van der Waals surface area contributed by atoms with Gasteiger partial charge in [0.25, 0.3) is 5.91 Å². The van der Waals surface area contributed by atoms with Crippen LogP contribution >= 0.6 is 0 Å². The van der Waals surface area contributed by atoms with Gasteiger partial charge in [0.05, 0.1) is 18.0 Å². The molecule has 6 nitrogen and oxygen atoms in total. The summed E-state index contributed by atoms with van der Waals surface area (Å²) in [7, 11) is -2.32. The number of nitrogens with zero attached hydrogens (tertiary/aromatic N) is 1. The second-order valence-corrected chi connectivity index (χ2v) is 6.89. The van der Waals surface area contributed by atoms with Gasteiger partial charge in [0.2, 0.25) is 10.0 Å². The fourth-order valence-corrected chi connectivity index (χ4v) is 3.71. The molecule has 1 aromatic carbocycles. The van der Waals surface area contributed by atoms with Crippen molar-refractivity contribution in [2.24, 2.45) is 0 Å². The zero-order valence-corrected chi connectivity index (χ0v) is 12.6. The SMILES string of the molecule is CNC(=O)[C@]1(C)CN(S(=O)(=O)c2ccc(F)cc2)CCO1. The van der Waals surface area contributed by atoms with Crippen molar-refractivity contribution in [1.29, 1.82) is 0 Å². The maximum atomic E-state index is 12.9. The topological polar surface area (TPSA) is 75.7 Å². The van der Waals surface area contributed by atoms with Crippen LogP contribution in [0.15, 0.2) is 29.2 Å². The molecule has 0 unspecified atom stereocenters. The number of hydrogen-bond acceptors (Lipinski definition) is 4. The quantitative estimate of drug-likeness (QED) is 0.873. The van der Waals surface area contributed by atoms with Crippen LogP contribution in [-0.2, 0) is 19.6 Å². The van der Waals surface area contributed by atoms with Crippen LogP contribution in [0.4, 0.5) is 4.39 Å². The highest BCUT2D eigenvalue weighted by molar-refractivity contribution is 7.89. The van der Waals surface area contributed by atoms with Gasteiger partial charge in [-0.3, -0.25) is 4.79 Å². The van der Waals surface area contributed by atoms with E-state index in [0.29, 0.717) is 0 Å². The first kappa shape index (κ1) is 15.9. The van der Waals surface area contributed by atoms with Gasteiger partial charge >= 0.3 is 0 Å². The number of carbonyl (C=O) groups excluding carboxylic acids is 1. The highest BCUT2D eigenvalue weighted by Gasteiger charge is 2.42. The summed E-state index contributed by atoms with van der Waals surface area (Å²) in [6, 6.07) is 4.59. The van der Waals surface area contributed by atoms with Gasteiger partial charge in [-0.1, -0.05) is 0 Å². The Labute approximate surface area is 122 Å². The summed E-state index contributed by atoms with van der Waals surface area (Å²) in [5.41, 5.74) is -1.24. The van der Waals surface area contributed by atoms with E-state index in [1.165, 1.54) is 30.4 Å². The number of benzene rings is 1. The first-order valence-electron chi connectivity index (χ1n) is 6.41. The molecule has 0 aliphatic carbocycles. The van der Waals surface area contributed by atoms with Gasteiger partial charge in [0, 0.05) is 13.6 Å². The average molecular weight is 316 g/mol. The summed E-state index contributed by atoms with van der Waals surface area (Å²) >= 11 is 0. The van der Waals surface area contributed by atoms with Crippen LogP contribution in [-0.4, -0.2) is 51.0 Å². The van der Waals surface area contributed by atoms with Crippen molar-refractivity contribution in [3.8, 4) is 0 Å². The fraction of sp³-hybridized carbons (Fsp3) is 0.462. The van der Waals surface area contributed by atoms with E-state index in [9.17, 15) is 17.6 Å². The number of likely N-dealkylation sites (N-methyl/N-ethyl adjacent to an activating group) is 1. The van der Waals surface area contributed by atoms with Crippen molar-refractivity contribution in [1.82, 2.24) is 9.62 Å². The van der Waals surface area contributed by atoms with Crippen LogP contribution in [0, 0.1) is 5.82 Å². The third-order valence-electron chi connectivity index (χ3n) is 3.40. The van der Waals surface area contributed by atoms with Crippen molar-refractivity contribution < 1.29 is 22.3 Å². The zero-order valence-electron chi connectivity index (χ0n) is 11.8. The van der Waals surface area contributed by atoms with Gasteiger partial charge < -0.3 is 10.1 Å². The number of halogens is 1. The van der Waals surface area contributed by atoms with E-state index in [4.69, 9.17) is 4.74 Å². The van der Waals surface area contributed by atoms with E-state index in [0.717, 1.165) is 12.1 Å². The molecule has 8 heteroatoms. The van der Waals surface area contributed by atoms with Crippen LogP contribution in [0.25, 0.3) is 0 Å². The molecular formula is C13H17FN2O4S. The van der Waals surface area contributed by atoms with Gasteiger partial charge in [-0.2, -0.15) is 4.31 Å². The molecule has 21 heavy (non-hydrogen) atoms. The Kier molecular flexibility index (Phi) is 4.31. The highest BCUT2D eigenvalue weighted by Crippen LogP contribution is 2.24. The number of amides is 1. The Morgan fingerprint density at radius 1 is 1.38 bits per heavy atom. The van der Waals surface area contributed by atoms with Gasteiger partial charge in [-0.25, -0.2) is 12.8 Å². The molecule has 0 saturated carbocycles. The molecule has 1 amide bonds. The number of morpholine rings is 1. The van der Waals surface area contributed by atoms with Crippen LogP contribution in [0.2, 0.25) is 0 Å². The molecule has 1 aliphatic rings. The van der Waals surface area contributed by atoms with Gasteiger partial charge in [0.1, 0.15) is 5.82 Å². The Hall–Kier alpha value is -1.51. The molecule has 1 fully saturated rings. The van der Waals surface area contributed by atoms with E-state index in [1.54, 1.807) is 0 Å². The highest BCUT2D eigenvalue weighted by atomic mass is 32.2. The van der Waals surface area contributed by atoms with Gasteiger partial charge in [-0.05, 0) is 31.2 Å². The van der Waals surface area contributed by atoms with Crippen LogP contribution < -0.4 is 5.32 Å². The van der Waals surface area contributed by atoms with Crippen LogP contribution in [0.1, 0.15) is 6.92 Å². The number of sulfonamides is 1. The molecular weight excluding hydrogens is 299 g/mol. The second kappa shape index (κ2) is 5.70. The minimum Gasteiger partial charge on any atom is -0.363 e. The van der Waals surface area contributed by atoms with Crippen molar-refractivity contribution in [3.63, 3.8) is 0 Å². The normalized spacial score (nSPS) is 23.8. The van der Waals surface area contributed by atoms with Crippen LogP contribution in [0.5, 0.6) is 0 Å². The molecule has 0 bridgehead atoms. The molecule has 1 N–H and O–H groups in total. The van der Waals surface area contributed by atoms with Gasteiger partial charge in [0.15, 0.2) is 5.60 Å². The molecule has 2 rings (SSSR count). The first-order valence-corrected chi connectivity index (χ1v) is 7.85. The van der Waals surface area contributed by atoms with Crippen molar-refractivity contribution in [2.75, 3.05) is 26.7 Å². The summed E-state index contributed by atoms with van der Waals surface area (Å²) in [5, 5.41) is 2.46. The molecule has 0 aromatic heterocycles. The van der Waals surface area contributed by atoms with Crippen molar-refractivity contribution in [3.05, 3.63) is 30.1 Å². The molecule has 1 saturated heterocycles. The smallest absolute Gasteiger partial charge is 0.253 e. The molecule has 1 aliphatic heterocycles. The number of nitrogens with one attached hydrogen (secondary N) is 1. The predicted octanol–water partition coefficient (Wildman–Crippen LogP) is 0.351. The lowest BCUT2D eigenvalue weighted by molar-refractivity contribution is -0.151. The zero-order chi connectivity index (χ0) is 15.7. The number of ether oxygens (including phenoxy) is 1. The summed E-state index contributed by atoms with van der Waals surface area (Å²) in [6.07, 6.45) is 0. The van der Waals surface area contributed by atoms with E-state index < -0.39 is 21.4 Å². The summed E-state index contributed by atoms with van der Waals surface area (Å²) < 4.78 is 44.5. The van der Waals surface area contributed by atoms with E-state index in [-0.39, 0.29) is 30.5 Å². The molecule has 0 radical (unpaired) electrons. The van der Waals surface area contributed by atoms with Gasteiger partial charge in [-0.15, -0.1) is 0 Å². The Morgan fingerprint density at radius 2 is 2.00 bits per heavy atom. The van der Waals surface area contributed by atoms with Crippen molar-refractivity contribution in [2.45, 2.75) is 17.4 Å². The predicted molar refractivity (Wildman–Crippen MR) is 73.6 cm³/mol. The maximum absolute atomic E-state index is 12.9. The largest absolute Gasteiger partial charge is 0.363 e. The molecule has 1 heterocycles. The van der Waals surface area contributed by atoms with E-state index >= 15 is 0 Å². The van der Waals surface area contributed by atoms with Crippen LogP contribution in [0.3, 0.4) is 0 Å². The van der Waals surface area contributed by atoms with E-state index in [2.05, 4.69) is 5.32 Å². The number of hydrogen-bond donors (Lipinski definition) is 1. The molecule has 0 spiro atoms. The lowest BCUT2D eigenvalue weighted by Gasteiger charge is -2.38. The standard InChI is InChI=1S/C13H17FN2O4S/c1-13(12(17)15-2)9-16(7-8-20-13)21(18,19)11-5-3-10(14)4-6-11/h3-6H,7-9H2,1-2H3,(H,15,17)/t13-/m0/s1. The summed E-state index contributed by atoms with van der Waals surface area (Å²) in [5.74, 6) is -0.896. The lowest BCUT2D eigenvalue weighted by atomic mass is 10.0. The fourth-order valence-electron chi connectivity index (χ4n) is 2.20. The molecule has 116 valence electrons. The van der Waals surface area contributed by atoms with Crippen molar-refractivity contribution >= 4 is 15.9 Å². The molecule has 1 atom stereocenters. The first-order chi connectivity index (χ1) is 9.79.